The normalized spacial score (nSPS) is 12.4. The molecule has 0 saturated carbocycles. The second-order valence-corrected chi connectivity index (χ2v) is 6.12. The van der Waals surface area contributed by atoms with Crippen molar-refractivity contribution in [2.24, 2.45) is 0 Å². The van der Waals surface area contributed by atoms with Crippen molar-refractivity contribution in [1.29, 1.82) is 0 Å². The summed E-state index contributed by atoms with van der Waals surface area (Å²) in [6, 6.07) is 17.6. The molecule has 1 atom stereocenters. The molecule has 0 saturated heterocycles. The van der Waals surface area contributed by atoms with Crippen LogP contribution in [0.15, 0.2) is 59.0 Å². The monoisotopic (exact) mass is 324 g/mol. The van der Waals surface area contributed by atoms with Gasteiger partial charge in [0.05, 0.1) is 6.10 Å². The molecule has 0 radical (unpaired) electrons. The molecule has 24 heavy (non-hydrogen) atoms. The molecule has 0 bridgehead atoms. The molecule has 0 amide bonds. The number of aliphatic hydroxyl groups is 1. The number of hydrogen-bond acceptors (Lipinski definition) is 3. The topological polar surface area (TPSA) is 42.6 Å². The van der Waals surface area contributed by atoms with Crippen LogP contribution in [0, 0.1) is 0 Å². The maximum atomic E-state index is 10.3. The van der Waals surface area contributed by atoms with Gasteiger partial charge in [0, 0.05) is 5.39 Å². The standard InChI is InChI=1S/C21H24O3/c1-2-3-4-11-20(22)16-9-7-10-18(13-16)23-15-19-14-17-8-5-6-12-21(17)24-19/h5-10,12-14,20,22H,2-4,11,15H2,1H3. The van der Waals surface area contributed by atoms with Gasteiger partial charge in [0.2, 0.25) is 0 Å². The molecular formula is C21H24O3. The van der Waals surface area contributed by atoms with Crippen LogP contribution in [0.1, 0.15) is 50.0 Å². The number of benzene rings is 2. The van der Waals surface area contributed by atoms with Gasteiger partial charge in [-0.05, 0) is 36.2 Å². The van der Waals surface area contributed by atoms with E-state index in [2.05, 4.69) is 6.92 Å². The lowest BCUT2D eigenvalue weighted by Gasteiger charge is -2.12. The minimum absolute atomic E-state index is 0.379. The summed E-state index contributed by atoms with van der Waals surface area (Å²) in [5.74, 6) is 1.55. The zero-order valence-electron chi connectivity index (χ0n) is 14.1. The van der Waals surface area contributed by atoms with Gasteiger partial charge < -0.3 is 14.3 Å². The second kappa shape index (κ2) is 8.02. The molecular weight excluding hydrogens is 300 g/mol. The first kappa shape index (κ1) is 16.6. The summed E-state index contributed by atoms with van der Waals surface area (Å²) < 4.78 is 11.6. The molecule has 0 spiro atoms. The molecule has 3 heteroatoms. The molecule has 0 aliphatic rings. The van der Waals surface area contributed by atoms with Crippen LogP contribution in [0.2, 0.25) is 0 Å². The van der Waals surface area contributed by atoms with Crippen molar-refractivity contribution in [1.82, 2.24) is 0 Å². The Morgan fingerprint density at radius 2 is 1.92 bits per heavy atom. The van der Waals surface area contributed by atoms with E-state index < -0.39 is 6.10 Å². The van der Waals surface area contributed by atoms with Crippen molar-refractivity contribution in [2.75, 3.05) is 0 Å². The van der Waals surface area contributed by atoms with Crippen LogP contribution in [0.25, 0.3) is 11.0 Å². The lowest BCUT2D eigenvalue weighted by molar-refractivity contribution is 0.163. The van der Waals surface area contributed by atoms with Gasteiger partial charge in [-0.25, -0.2) is 0 Å². The zero-order valence-corrected chi connectivity index (χ0v) is 14.1. The summed E-state index contributed by atoms with van der Waals surface area (Å²) in [4.78, 5) is 0. The summed E-state index contributed by atoms with van der Waals surface area (Å²) in [6.45, 7) is 2.54. The third kappa shape index (κ3) is 4.18. The number of ether oxygens (including phenoxy) is 1. The van der Waals surface area contributed by atoms with E-state index in [0.29, 0.717) is 6.61 Å². The Hall–Kier alpha value is -2.26. The predicted molar refractivity (Wildman–Crippen MR) is 96.1 cm³/mol. The fraction of sp³-hybridized carbons (Fsp3) is 0.333. The van der Waals surface area contributed by atoms with Gasteiger partial charge in [0.15, 0.2) is 0 Å². The lowest BCUT2D eigenvalue weighted by Crippen LogP contribution is -1.99. The first-order valence-electron chi connectivity index (χ1n) is 8.64. The third-order valence-corrected chi connectivity index (χ3v) is 4.18. The number of para-hydroxylation sites is 1. The fourth-order valence-corrected chi connectivity index (χ4v) is 2.83. The van der Waals surface area contributed by atoms with E-state index in [9.17, 15) is 5.11 Å². The fourth-order valence-electron chi connectivity index (χ4n) is 2.83. The summed E-state index contributed by atoms with van der Waals surface area (Å²) in [5, 5.41) is 11.4. The highest BCUT2D eigenvalue weighted by Crippen LogP contribution is 2.25. The Labute approximate surface area is 142 Å². The zero-order chi connectivity index (χ0) is 16.8. The van der Waals surface area contributed by atoms with Crippen LogP contribution in [-0.4, -0.2) is 5.11 Å². The van der Waals surface area contributed by atoms with Gasteiger partial charge in [-0.3, -0.25) is 0 Å². The van der Waals surface area contributed by atoms with Crippen molar-refractivity contribution in [3.05, 3.63) is 65.9 Å². The van der Waals surface area contributed by atoms with Crippen molar-refractivity contribution in [2.45, 2.75) is 45.3 Å². The molecule has 126 valence electrons. The predicted octanol–water partition coefficient (Wildman–Crippen LogP) is 5.63. The van der Waals surface area contributed by atoms with E-state index >= 15 is 0 Å². The van der Waals surface area contributed by atoms with Crippen molar-refractivity contribution in [3.8, 4) is 5.75 Å². The van der Waals surface area contributed by atoms with Gasteiger partial charge in [-0.2, -0.15) is 0 Å². The Morgan fingerprint density at radius 1 is 1.04 bits per heavy atom. The summed E-state index contributed by atoms with van der Waals surface area (Å²) >= 11 is 0. The minimum Gasteiger partial charge on any atom is -0.486 e. The van der Waals surface area contributed by atoms with Crippen LogP contribution in [0.5, 0.6) is 5.75 Å². The first-order chi connectivity index (χ1) is 11.8. The molecule has 1 unspecified atom stereocenters. The van der Waals surface area contributed by atoms with Crippen molar-refractivity contribution >= 4 is 11.0 Å². The Balaban J connectivity index is 1.61. The molecule has 0 aliphatic carbocycles. The second-order valence-electron chi connectivity index (χ2n) is 6.12. The molecule has 1 aromatic heterocycles. The van der Waals surface area contributed by atoms with Crippen LogP contribution < -0.4 is 4.74 Å². The van der Waals surface area contributed by atoms with E-state index in [-0.39, 0.29) is 0 Å². The maximum Gasteiger partial charge on any atom is 0.146 e. The number of hydrogen-bond donors (Lipinski definition) is 1. The Morgan fingerprint density at radius 3 is 2.75 bits per heavy atom. The van der Waals surface area contributed by atoms with Crippen LogP contribution in [0.4, 0.5) is 0 Å². The number of aliphatic hydroxyl groups excluding tert-OH is 1. The average molecular weight is 324 g/mol. The molecule has 1 N–H and O–H groups in total. The average Bonchev–Trinajstić information content (AvgIpc) is 3.03. The Kier molecular flexibility index (Phi) is 5.55. The quantitative estimate of drug-likeness (QED) is 0.546. The smallest absolute Gasteiger partial charge is 0.146 e. The van der Waals surface area contributed by atoms with Gasteiger partial charge in [0.1, 0.15) is 23.7 Å². The maximum absolute atomic E-state index is 10.3. The number of furan rings is 1. The van der Waals surface area contributed by atoms with E-state index in [1.54, 1.807) is 0 Å². The summed E-state index contributed by atoms with van der Waals surface area (Å²) in [6.07, 6.45) is 3.72. The summed E-state index contributed by atoms with van der Waals surface area (Å²) in [5.41, 5.74) is 1.78. The highest BCUT2D eigenvalue weighted by atomic mass is 16.5. The lowest BCUT2D eigenvalue weighted by atomic mass is 10.0. The molecule has 2 aromatic carbocycles. The molecule has 3 rings (SSSR count). The van der Waals surface area contributed by atoms with Crippen LogP contribution in [-0.2, 0) is 6.61 Å². The first-order valence-corrected chi connectivity index (χ1v) is 8.64. The SMILES string of the molecule is CCCCCC(O)c1cccc(OCc2cc3ccccc3o2)c1. The largest absolute Gasteiger partial charge is 0.486 e. The van der Waals surface area contributed by atoms with E-state index in [1.165, 1.54) is 0 Å². The van der Waals surface area contributed by atoms with Crippen molar-refractivity contribution in [3.63, 3.8) is 0 Å². The van der Waals surface area contributed by atoms with Crippen molar-refractivity contribution < 1.29 is 14.3 Å². The highest BCUT2D eigenvalue weighted by molar-refractivity contribution is 5.77. The molecule has 3 nitrogen and oxygen atoms in total. The molecule has 0 aliphatic heterocycles. The van der Waals surface area contributed by atoms with E-state index in [1.807, 2.05) is 54.6 Å². The molecule has 0 fully saturated rings. The Bertz CT molecular complexity index is 742. The minimum atomic E-state index is -0.425. The van der Waals surface area contributed by atoms with Crippen LogP contribution in [0.3, 0.4) is 0 Å². The summed E-state index contributed by atoms with van der Waals surface area (Å²) in [7, 11) is 0. The van der Waals surface area contributed by atoms with Gasteiger partial charge in [0.25, 0.3) is 0 Å². The van der Waals surface area contributed by atoms with Gasteiger partial charge >= 0.3 is 0 Å². The molecule has 3 aromatic rings. The van der Waals surface area contributed by atoms with E-state index in [4.69, 9.17) is 9.15 Å². The third-order valence-electron chi connectivity index (χ3n) is 4.18. The molecule has 1 heterocycles. The number of fused-ring (bicyclic) bond motifs is 1. The van der Waals surface area contributed by atoms with E-state index in [0.717, 1.165) is 53.7 Å². The van der Waals surface area contributed by atoms with Gasteiger partial charge in [-0.15, -0.1) is 0 Å². The van der Waals surface area contributed by atoms with Gasteiger partial charge in [-0.1, -0.05) is 56.5 Å². The van der Waals surface area contributed by atoms with Crippen LogP contribution >= 0.6 is 0 Å². The number of unbranched alkanes of at least 4 members (excludes halogenated alkanes) is 2. The number of rotatable bonds is 8. The highest BCUT2D eigenvalue weighted by Gasteiger charge is 2.09.